The predicted octanol–water partition coefficient (Wildman–Crippen LogP) is 3.11. The molecule has 0 aliphatic carbocycles. The van der Waals surface area contributed by atoms with Gasteiger partial charge in [0.2, 0.25) is 0 Å². The van der Waals surface area contributed by atoms with Gasteiger partial charge in [-0.2, -0.15) is 27.8 Å². The van der Waals surface area contributed by atoms with Gasteiger partial charge in [0.05, 0.1) is 18.8 Å². The first-order valence-electron chi connectivity index (χ1n) is 8.14. The zero-order chi connectivity index (χ0) is 18.3. The largest absolute Gasteiger partial charge is 0.433 e. The first kappa shape index (κ1) is 16.8. The van der Waals surface area contributed by atoms with Gasteiger partial charge in [-0.3, -0.25) is 0 Å². The van der Waals surface area contributed by atoms with Crippen molar-refractivity contribution < 1.29 is 17.9 Å². The molecule has 26 heavy (non-hydrogen) atoms. The third-order valence-electron chi connectivity index (χ3n) is 4.37. The molecule has 4 rings (SSSR count). The second-order valence-electron chi connectivity index (χ2n) is 6.19. The van der Waals surface area contributed by atoms with Crippen molar-refractivity contribution in [3.05, 3.63) is 54.0 Å². The van der Waals surface area contributed by atoms with Gasteiger partial charge in [0.25, 0.3) is 5.78 Å². The number of nitrogens with zero attached hydrogens (tertiary/aromatic N) is 5. The lowest BCUT2D eigenvalue weighted by Crippen LogP contribution is -2.44. The number of morpholine rings is 1. The Morgan fingerprint density at radius 2 is 1.96 bits per heavy atom. The molecular formula is C17H16F3N5O. The molecule has 1 fully saturated rings. The van der Waals surface area contributed by atoms with Crippen LogP contribution >= 0.6 is 0 Å². The number of halogens is 3. The molecule has 136 valence electrons. The van der Waals surface area contributed by atoms with E-state index in [0.29, 0.717) is 19.0 Å². The van der Waals surface area contributed by atoms with Crippen LogP contribution in [0, 0.1) is 0 Å². The quantitative estimate of drug-likeness (QED) is 0.700. The van der Waals surface area contributed by atoms with Gasteiger partial charge in [-0.1, -0.05) is 30.3 Å². The van der Waals surface area contributed by atoms with Gasteiger partial charge >= 0.3 is 6.18 Å². The van der Waals surface area contributed by atoms with Crippen LogP contribution in [-0.2, 0) is 10.9 Å². The summed E-state index contributed by atoms with van der Waals surface area (Å²) in [7, 11) is 0. The molecule has 3 aromatic rings. The summed E-state index contributed by atoms with van der Waals surface area (Å²) >= 11 is 0. The molecule has 0 N–H and O–H groups in total. The molecule has 1 aliphatic heterocycles. The molecule has 9 heteroatoms. The highest BCUT2D eigenvalue weighted by Crippen LogP contribution is 2.35. The summed E-state index contributed by atoms with van der Waals surface area (Å²) in [6.45, 7) is 2.68. The van der Waals surface area contributed by atoms with Crippen molar-refractivity contribution in [2.75, 3.05) is 18.1 Å². The first-order chi connectivity index (χ1) is 12.4. The summed E-state index contributed by atoms with van der Waals surface area (Å²) in [5.74, 6) is 0.213. The van der Waals surface area contributed by atoms with Gasteiger partial charge < -0.3 is 9.64 Å². The van der Waals surface area contributed by atoms with Crippen molar-refractivity contribution >= 4 is 11.6 Å². The van der Waals surface area contributed by atoms with Gasteiger partial charge in [-0.05, 0) is 12.5 Å². The third-order valence-corrected chi connectivity index (χ3v) is 4.37. The van der Waals surface area contributed by atoms with Crippen molar-refractivity contribution in [3.63, 3.8) is 0 Å². The zero-order valence-corrected chi connectivity index (χ0v) is 13.9. The van der Waals surface area contributed by atoms with E-state index in [0.717, 1.165) is 11.6 Å². The van der Waals surface area contributed by atoms with Crippen LogP contribution < -0.4 is 4.90 Å². The topological polar surface area (TPSA) is 55.6 Å². The van der Waals surface area contributed by atoms with E-state index in [4.69, 9.17) is 4.74 Å². The molecule has 0 unspecified atom stereocenters. The normalized spacial score (nSPS) is 21.3. The Labute approximate surface area is 147 Å². The molecule has 0 amide bonds. The molecule has 0 spiro atoms. The van der Waals surface area contributed by atoms with Crippen molar-refractivity contribution in [3.8, 4) is 0 Å². The monoisotopic (exact) mass is 363 g/mol. The highest BCUT2D eigenvalue weighted by Gasteiger charge is 2.36. The number of ether oxygens (including phenoxy) is 1. The molecule has 1 aliphatic rings. The SMILES string of the molecule is C[C@@H]1CN(c2cc(C(F)(F)F)nc3ncnn23)[C@@H](c2ccccc2)CO1. The molecule has 0 radical (unpaired) electrons. The maximum atomic E-state index is 13.3. The maximum Gasteiger partial charge on any atom is 0.433 e. The minimum atomic E-state index is -4.57. The van der Waals surface area contributed by atoms with Gasteiger partial charge in [-0.15, -0.1) is 0 Å². The average molecular weight is 363 g/mol. The van der Waals surface area contributed by atoms with Crippen LogP contribution in [0.1, 0.15) is 24.2 Å². The fourth-order valence-electron chi connectivity index (χ4n) is 3.15. The van der Waals surface area contributed by atoms with Crippen LogP contribution in [0.2, 0.25) is 0 Å². The van der Waals surface area contributed by atoms with Gasteiger partial charge in [0, 0.05) is 12.6 Å². The Balaban J connectivity index is 1.86. The molecule has 0 saturated carbocycles. The molecule has 6 nitrogen and oxygen atoms in total. The molecule has 0 bridgehead atoms. The summed E-state index contributed by atoms with van der Waals surface area (Å²) in [4.78, 5) is 9.31. The molecule has 1 aromatic carbocycles. The Bertz CT molecular complexity index is 912. The van der Waals surface area contributed by atoms with Crippen LogP contribution in [0.4, 0.5) is 19.0 Å². The van der Waals surface area contributed by atoms with Gasteiger partial charge in [-0.25, -0.2) is 4.98 Å². The van der Waals surface area contributed by atoms with Crippen LogP contribution in [0.5, 0.6) is 0 Å². The van der Waals surface area contributed by atoms with Crippen molar-refractivity contribution in [2.45, 2.75) is 25.2 Å². The van der Waals surface area contributed by atoms with E-state index in [1.54, 1.807) is 0 Å². The Morgan fingerprint density at radius 3 is 2.69 bits per heavy atom. The summed E-state index contributed by atoms with van der Waals surface area (Å²) in [5.41, 5.74) is -0.0306. The summed E-state index contributed by atoms with van der Waals surface area (Å²) < 4.78 is 47.0. The van der Waals surface area contributed by atoms with Crippen molar-refractivity contribution in [1.29, 1.82) is 0 Å². The predicted molar refractivity (Wildman–Crippen MR) is 87.7 cm³/mol. The molecule has 3 heterocycles. The van der Waals surface area contributed by atoms with E-state index in [9.17, 15) is 13.2 Å². The third kappa shape index (κ3) is 2.98. The Morgan fingerprint density at radius 1 is 1.19 bits per heavy atom. The molecule has 1 saturated heterocycles. The Kier molecular flexibility index (Phi) is 4.03. The molecule has 2 atom stereocenters. The number of benzene rings is 1. The summed E-state index contributed by atoms with van der Waals surface area (Å²) in [5, 5.41) is 4.06. The number of hydrogen-bond acceptors (Lipinski definition) is 5. The first-order valence-corrected chi connectivity index (χ1v) is 8.14. The number of rotatable bonds is 2. The lowest BCUT2D eigenvalue weighted by atomic mass is 10.0. The summed E-state index contributed by atoms with van der Waals surface area (Å²) in [6, 6.07) is 10.3. The number of aromatic nitrogens is 4. The second kappa shape index (κ2) is 6.24. The second-order valence-corrected chi connectivity index (χ2v) is 6.19. The highest BCUT2D eigenvalue weighted by molar-refractivity contribution is 5.50. The molecular weight excluding hydrogens is 347 g/mol. The minimum Gasteiger partial charge on any atom is -0.374 e. The smallest absolute Gasteiger partial charge is 0.374 e. The standard InChI is InChI=1S/C17H16F3N5O/c1-11-8-24(13(9-26-11)12-5-3-2-4-6-12)15-7-14(17(18,19)20)23-16-21-10-22-25(15)16/h2-7,10-11,13H,8-9H2,1H3/t11-,13-/m1/s1. The number of fused-ring (bicyclic) bond motifs is 1. The lowest BCUT2D eigenvalue weighted by molar-refractivity contribution is -0.141. The highest BCUT2D eigenvalue weighted by atomic mass is 19.4. The Hall–Kier alpha value is -2.68. The van der Waals surface area contributed by atoms with Crippen LogP contribution in [0.3, 0.4) is 0 Å². The fourth-order valence-corrected chi connectivity index (χ4v) is 3.15. The van der Waals surface area contributed by atoms with Crippen molar-refractivity contribution in [1.82, 2.24) is 19.6 Å². The average Bonchev–Trinajstić information content (AvgIpc) is 3.09. The summed E-state index contributed by atoms with van der Waals surface area (Å²) in [6.07, 6.45) is -3.49. The van der Waals surface area contributed by atoms with Crippen LogP contribution in [0.25, 0.3) is 5.78 Å². The van der Waals surface area contributed by atoms with Gasteiger partial charge in [0.1, 0.15) is 12.1 Å². The molecule has 2 aromatic heterocycles. The van der Waals surface area contributed by atoms with E-state index in [-0.39, 0.29) is 17.9 Å². The van der Waals surface area contributed by atoms with E-state index < -0.39 is 11.9 Å². The van der Waals surface area contributed by atoms with Gasteiger partial charge in [0.15, 0.2) is 5.69 Å². The van der Waals surface area contributed by atoms with E-state index in [2.05, 4.69) is 15.1 Å². The zero-order valence-electron chi connectivity index (χ0n) is 13.9. The van der Waals surface area contributed by atoms with E-state index in [1.807, 2.05) is 42.2 Å². The number of anilines is 1. The van der Waals surface area contributed by atoms with E-state index >= 15 is 0 Å². The maximum absolute atomic E-state index is 13.3. The fraction of sp³-hybridized carbons (Fsp3) is 0.353. The number of alkyl halides is 3. The minimum absolute atomic E-state index is 0.0826. The number of hydrogen-bond donors (Lipinski definition) is 0. The van der Waals surface area contributed by atoms with E-state index in [1.165, 1.54) is 10.8 Å². The lowest BCUT2D eigenvalue weighted by Gasteiger charge is -2.40. The van der Waals surface area contributed by atoms with Crippen LogP contribution in [-0.4, -0.2) is 38.8 Å². The van der Waals surface area contributed by atoms with Crippen molar-refractivity contribution in [2.24, 2.45) is 0 Å². The van der Waals surface area contributed by atoms with Crippen LogP contribution in [0.15, 0.2) is 42.7 Å².